The van der Waals surface area contributed by atoms with Crippen LogP contribution >= 0.6 is 0 Å². The van der Waals surface area contributed by atoms with Gasteiger partial charge in [-0.2, -0.15) is 0 Å². The lowest BCUT2D eigenvalue weighted by molar-refractivity contribution is 0.0639. The minimum Gasteiger partial charge on any atom is -0.334 e. The zero-order valence-electron chi connectivity index (χ0n) is 15.5. The molecule has 0 bridgehead atoms. The standard InChI is InChI=1S/C18H29NO3S/c1-12(2)19(13(3)4)17(20)15-11-9-10-14(5)16(15)23(21,22)18(6,7)8/h9-13H,1-8H3. The Morgan fingerprint density at radius 1 is 1.04 bits per heavy atom. The van der Waals surface area contributed by atoms with Crippen molar-refractivity contribution in [3.8, 4) is 0 Å². The number of nitrogens with zero attached hydrogens (tertiary/aromatic N) is 1. The Bertz CT molecular complexity index is 675. The van der Waals surface area contributed by atoms with Crippen molar-refractivity contribution in [2.75, 3.05) is 0 Å². The molecule has 4 nitrogen and oxygen atoms in total. The topological polar surface area (TPSA) is 54.5 Å². The summed E-state index contributed by atoms with van der Waals surface area (Å²) in [5.41, 5.74) is 0.876. The second-order valence-electron chi connectivity index (χ2n) is 7.47. The molecule has 0 atom stereocenters. The van der Waals surface area contributed by atoms with Gasteiger partial charge in [-0.05, 0) is 67.0 Å². The van der Waals surface area contributed by atoms with E-state index >= 15 is 0 Å². The maximum Gasteiger partial charge on any atom is 0.255 e. The van der Waals surface area contributed by atoms with Gasteiger partial charge in [-0.15, -0.1) is 0 Å². The van der Waals surface area contributed by atoms with Gasteiger partial charge in [0.1, 0.15) is 0 Å². The first-order valence-corrected chi connectivity index (χ1v) is 9.47. The molecular weight excluding hydrogens is 310 g/mol. The molecule has 130 valence electrons. The van der Waals surface area contributed by atoms with Crippen molar-refractivity contribution in [3.63, 3.8) is 0 Å². The van der Waals surface area contributed by atoms with Crippen LogP contribution in [0.4, 0.5) is 0 Å². The number of hydrogen-bond donors (Lipinski definition) is 0. The number of aryl methyl sites for hydroxylation is 1. The summed E-state index contributed by atoms with van der Waals surface area (Å²) >= 11 is 0. The summed E-state index contributed by atoms with van der Waals surface area (Å²) in [6.07, 6.45) is 0. The van der Waals surface area contributed by atoms with Gasteiger partial charge < -0.3 is 4.90 Å². The minimum atomic E-state index is -3.62. The van der Waals surface area contributed by atoms with E-state index in [1.54, 1.807) is 50.8 Å². The highest BCUT2D eigenvalue weighted by molar-refractivity contribution is 7.92. The largest absolute Gasteiger partial charge is 0.334 e. The second-order valence-corrected chi connectivity index (χ2v) is 10.1. The maximum atomic E-state index is 13.0. The molecule has 0 aliphatic heterocycles. The van der Waals surface area contributed by atoms with Crippen molar-refractivity contribution in [2.24, 2.45) is 0 Å². The molecule has 5 heteroatoms. The highest BCUT2D eigenvalue weighted by Gasteiger charge is 2.36. The van der Waals surface area contributed by atoms with Crippen LogP contribution in [0.1, 0.15) is 64.4 Å². The van der Waals surface area contributed by atoms with Gasteiger partial charge in [0.05, 0.1) is 15.2 Å². The van der Waals surface area contributed by atoms with Crippen molar-refractivity contribution in [3.05, 3.63) is 29.3 Å². The van der Waals surface area contributed by atoms with Gasteiger partial charge in [-0.25, -0.2) is 8.42 Å². The minimum absolute atomic E-state index is 0.00629. The molecule has 0 spiro atoms. The molecule has 1 amide bonds. The van der Waals surface area contributed by atoms with Gasteiger partial charge in [0.2, 0.25) is 0 Å². The number of carbonyl (C=O) groups excluding carboxylic acids is 1. The van der Waals surface area contributed by atoms with Gasteiger partial charge in [0.15, 0.2) is 9.84 Å². The average Bonchev–Trinajstić information content (AvgIpc) is 2.35. The van der Waals surface area contributed by atoms with Crippen LogP contribution in [0.3, 0.4) is 0 Å². The van der Waals surface area contributed by atoms with Crippen LogP contribution < -0.4 is 0 Å². The smallest absolute Gasteiger partial charge is 0.255 e. The first kappa shape index (κ1) is 19.7. The van der Waals surface area contributed by atoms with Crippen LogP contribution in [0.5, 0.6) is 0 Å². The van der Waals surface area contributed by atoms with Crippen molar-refractivity contribution in [1.82, 2.24) is 4.90 Å². The predicted octanol–water partition coefficient (Wildman–Crippen LogP) is 3.83. The lowest BCUT2D eigenvalue weighted by atomic mass is 10.1. The van der Waals surface area contributed by atoms with E-state index in [1.165, 1.54) is 0 Å². The molecule has 1 rings (SSSR count). The summed E-state index contributed by atoms with van der Waals surface area (Å²) < 4.78 is 25.0. The number of sulfone groups is 1. The molecule has 1 aromatic rings. The van der Waals surface area contributed by atoms with E-state index in [9.17, 15) is 13.2 Å². The fraction of sp³-hybridized carbons (Fsp3) is 0.611. The number of rotatable bonds is 4. The highest BCUT2D eigenvalue weighted by Crippen LogP contribution is 2.31. The molecule has 0 aliphatic carbocycles. The van der Waals surface area contributed by atoms with Crippen LogP contribution in [0.2, 0.25) is 0 Å². The van der Waals surface area contributed by atoms with Crippen molar-refractivity contribution in [2.45, 2.75) is 77.1 Å². The monoisotopic (exact) mass is 339 g/mol. The van der Waals surface area contributed by atoms with Crippen LogP contribution in [0, 0.1) is 6.92 Å². The summed E-state index contributed by atoms with van der Waals surface area (Å²) in [4.78, 5) is 14.9. The first-order valence-electron chi connectivity index (χ1n) is 7.99. The van der Waals surface area contributed by atoms with Gasteiger partial charge >= 0.3 is 0 Å². The van der Waals surface area contributed by atoms with E-state index < -0.39 is 14.6 Å². The van der Waals surface area contributed by atoms with Gasteiger partial charge in [0.25, 0.3) is 5.91 Å². The van der Waals surface area contributed by atoms with Gasteiger partial charge in [-0.1, -0.05) is 12.1 Å². The molecule has 23 heavy (non-hydrogen) atoms. The van der Waals surface area contributed by atoms with E-state index in [0.29, 0.717) is 5.56 Å². The Morgan fingerprint density at radius 3 is 1.91 bits per heavy atom. The Morgan fingerprint density at radius 2 is 1.52 bits per heavy atom. The molecule has 0 fully saturated rings. The fourth-order valence-electron chi connectivity index (χ4n) is 2.69. The molecule has 0 unspecified atom stereocenters. The van der Waals surface area contributed by atoms with Crippen molar-refractivity contribution >= 4 is 15.7 Å². The van der Waals surface area contributed by atoms with Gasteiger partial charge in [-0.3, -0.25) is 4.79 Å². The summed E-state index contributed by atoms with van der Waals surface area (Å²) in [7, 11) is -3.62. The number of amides is 1. The normalized spacial score (nSPS) is 12.8. The fourth-order valence-corrected chi connectivity index (χ4v) is 4.24. The van der Waals surface area contributed by atoms with Crippen molar-refractivity contribution in [1.29, 1.82) is 0 Å². The molecule has 0 aromatic heterocycles. The van der Waals surface area contributed by atoms with Gasteiger partial charge in [0, 0.05) is 12.1 Å². The number of hydrogen-bond acceptors (Lipinski definition) is 3. The van der Waals surface area contributed by atoms with Crippen LogP contribution in [0.15, 0.2) is 23.1 Å². The Hall–Kier alpha value is -1.36. The third-order valence-corrected chi connectivity index (χ3v) is 6.56. The van der Waals surface area contributed by atoms with E-state index in [1.807, 2.05) is 27.7 Å². The molecule has 0 N–H and O–H groups in total. The Labute approximate surface area is 140 Å². The molecule has 1 aromatic carbocycles. The second kappa shape index (κ2) is 6.63. The Balaban J connectivity index is 3.64. The molecule has 0 heterocycles. The lowest BCUT2D eigenvalue weighted by Gasteiger charge is -2.32. The average molecular weight is 340 g/mol. The van der Waals surface area contributed by atoms with E-state index in [2.05, 4.69) is 0 Å². The molecule has 0 aliphatic rings. The summed E-state index contributed by atoms with van der Waals surface area (Å²) in [6.45, 7) is 14.5. The Kier molecular flexibility index (Phi) is 5.68. The van der Waals surface area contributed by atoms with Crippen molar-refractivity contribution < 1.29 is 13.2 Å². The highest BCUT2D eigenvalue weighted by atomic mass is 32.2. The predicted molar refractivity (Wildman–Crippen MR) is 94.6 cm³/mol. The quantitative estimate of drug-likeness (QED) is 0.838. The van der Waals surface area contributed by atoms with E-state index in [4.69, 9.17) is 0 Å². The molecule has 0 saturated carbocycles. The summed E-state index contributed by atoms with van der Waals surface area (Å²) in [5.74, 6) is -0.235. The third-order valence-electron chi connectivity index (χ3n) is 3.86. The summed E-state index contributed by atoms with van der Waals surface area (Å²) in [5, 5.41) is 0. The summed E-state index contributed by atoms with van der Waals surface area (Å²) in [6, 6.07) is 5.08. The zero-order chi connectivity index (χ0) is 18.2. The van der Waals surface area contributed by atoms with Crippen LogP contribution in [-0.4, -0.2) is 36.1 Å². The maximum absolute atomic E-state index is 13.0. The van der Waals surface area contributed by atoms with E-state index in [0.717, 1.165) is 0 Å². The van der Waals surface area contributed by atoms with E-state index in [-0.39, 0.29) is 28.4 Å². The first-order chi connectivity index (χ1) is 10.3. The van der Waals surface area contributed by atoms with Crippen LogP contribution in [0.25, 0.3) is 0 Å². The lowest BCUT2D eigenvalue weighted by Crippen LogP contribution is -2.43. The number of carbonyl (C=O) groups is 1. The molecular formula is C18H29NO3S. The zero-order valence-corrected chi connectivity index (χ0v) is 16.3. The van der Waals surface area contributed by atoms with Crippen LogP contribution in [-0.2, 0) is 9.84 Å². The molecule has 0 radical (unpaired) electrons. The third kappa shape index (κ3) is 3.77. The molecule has 0 saturated heterocycles. The SMILES string of the molecule is Cc1cccc(C(=O)N(C(C)C)C(C)C)c1S(=O)(=O)C(C)(C)C. The number of benzene rings is 1.